The molecule has 2 aromatic rings. The highest BCUT2D eigenvalue weighted by Crippen LogP contribution is 2.13. The molecule has 7 heteroatoms. The molecule has 0 fully saturated rings. The lowest BCUT2D eigenvalue weighted by atomic mass is 10.1. The van der Waals surface area contributed by atoms with Gasteiger partial charge < -0.3 is 20.9 Å². The number of hydrogen-bond acceptors (Lipinski definition) is 4. The van der Waals surface area contributed by atoms with Crippen molar-refractivity contribution in [3.63, 3.8) is 0 Å². The molecular weight excluding hydrogens is 356 g/mol. The van der Waals surface area contributed by atoms with Crippen molar-refractivity contribution in [1.82, 2.24) is 10.2 Å². The molecule has 0 aliphatic heterocycles. The minimum atomic E-state index is -0.210. The summed E-state index contributed by atoms with van der Waals surface area (Å²) in [6.45, 7) is 5.27. The van der Waals surface area contributed by atoms with E-state index in [-0.39, 0.29) is 24.3 Å². The summed E-state index contributed by atoms with van der Waals surface area (Å²) in [5, 5.41) is 8.34. The highest BCUT2D eigenvalue weighted by atomic mass is 16.2. The van der Waals surface area contributed by atoms with E-state index in [2.05, 4.69) is 16.0 Å². The molecule has 2 rings (SSSR count). The predicted molar refractivity (Wildman–Crippen MR) is 111 cm³/mol. The summed E-state index contributed by atoms with van der Waals surface area (Å²) in [5.41, 5.74) is 2.51. The van der Waals surface area contributed by atoms with E-state index in [1.807, 2.05) is 13.8 Å². The predicted octanol–water partition coefficient (Wildman–Crippen LogP) is 2.58. The average Bonchev–Trinajstić information content (AvgIpc) is 2.73. The first-order valence-electron chi connectivity index (χ1n) is 9.23. The van der Waals surface area contributed by atoms with Gasteiger partial charge in [0.2, 0.25) is 5.91 Å². The first-order chi connectivity index (χ1) is 13.5. The molecule has 0 aliphatic rings. The second-order valence-electron chi connectivity index (χ2n) is 6.11. The van der Waals surface area contributed by atoms with Crippen LogP contribution in [0.2, 0.25) is 0 Å². The lowest BCUT2D eigenvalue weighted by Crippen LogP contribution is -2.30. The third kappa shape index (κ3) is 5.57. The quantitative estimate of drug-likeness (QED) is 0.654. The smallest absolute Gasteiger partial charge is 0.253 e. The fourth-order valence-corrected chi connectivity index (χ4v) is 2.66. The molecule has 0 atom stereocenters. The maximum atomic E-state index is 12.3. The third-order valence-electron chi connectivity index (χ3n) is 4.29. The van der Waals surface area contributed by atoms with Gasteiger partial charge in [-0.05, 0) is 62.4 Å². The van der Waals surface area contributed by atoms with Crippen LogP contribution in [-0.2, 0) is 4.79 Å². The number of carbonyl (C=O) groups excluding carboxylic acids is 3. The molecule has 7 nitrogen and oxygen atoms in total. The lowest BCUT2D eigenvalue weighted by Gasteiger charge is -2.18. The van der Waals surface area contributed by atoms with Gasteiger partial charge >= 0.3 is 0 Å². The van der Waals surface area contributed by atoms with Crippen molar-refractivity contribution in [2.24, 2.45) is 0 Å². The number of rotatable bonds is 8. The van der Waals surface area contributed by atoms with Crippen LogP contribution in [-0.4, -0.2) is 49.3 Å². The highest BCUT2D eigenvalue weighted by Gasteiger charge is 2.12. The van der Waals surface area contributed by atoms with Crippen molar-refractivity contribution in [3.8, 4) is 0 Å². The Morgan fingerprint density at radius 2 is 1.36 bits per heavy atom. The summed E-state index contributed by atoms with van der Waals surface area (Å²) in [4.78, 5) is 37.7. The van der Waals surface area contributed by atoms with Gasteiger partial charge in [-0.15, -0.1) is 0 Å². The molecule has 0 radical (unpaired) electrons. The number of carbonyl (C=O) groups is 3. The number of anilines is 2. The maximum Gasteiger partial charge on any atom is 0.253 e. The zero-order valence-electron chi connectivity index (χ0n) is 16.4. The fraction of sp³-hybridized carbons (Fsp3) is 0.286. The Labute approximate surface area is 165 Å². The second kappa shape index (κ2) is 10.1. The first kappa shape index (κ1) is 21.0. The topological polar surface area (TPSA) is 90.5 Å². The van der Waals surface area contributed by atoms with Gasteiger partial charge in [-0.2, -0.15) is 0 Å². The van der Waals surface area contributed by atoms with Gasteiger partial charge in [-0.1, -0.05) is 0 Å². The Kier molecular flexibility index (Phi) is 7.56. The summed E-state index contributed by atoms with van der Waals surface area (Å²) in [5.74, 6) is -0.393. The van der Waals surface area contributed by atoms with Crippen molar-refractivity contribution in [3.05, 3.63) is 59.7 Å². The largest absolute Gasteiger partial charge is 0.376 e. The van der Waals surface area contributed by atoms with Gasteiger partial charge in [0.1, 0.15) is 0 Å². The molecule has 148 valence electrons. The van der Waals surface area contributed by atoms with Gasteiger partial charge in [-0.25, -0.2) is 0 Å². The number of amides is 3. The van der Waals surface area contributed by atoms with Crippen molar-refractivity contribution in [2.45, 2.75) is 13.8 Å². The third-order valence-corrected chi connectivity index (χ3v) is 4.29. The van der Waals surface area contributed by atoms with E-state index in [9.17, 15) is 14.4 Å². The molecule has 0 aliphatic carbocycles. The molecule has 2 aromatic carbocycles. The number of nitrogens with one attached hydrogen (secondary N) is 3. The van der Waals surface area contributed by atoms with E-state index in [0.717, 1.165) is 5.69 Å². The molecule has 0 saturated heterocycles. The van der Waals surface area contributed by atoms with Crippen LogP contribution in [0.4, 0.5) is 11.4 Å². The summed E-state index contributed by atoms with van der Waals surface area (Å²) in [7, 11) is 1.57. The Balaban J connectivity index is 1.87. The number of benzene rings is 2. The van der Waals surface area contributed by atoms with E-state index in [0.29, 0.717) is 29.9 Å². The molecule has 0 bridgehead atoms. The molecule has 3 N–H and O–H groups in total. The molecule has 0 aromatic heterocycles. The summed E-state index contributed by atoms with van der Waals surface area (Å²) >= 11 is 0. The molecule has 0 heterocycles. The first-order valence-corrected chi connectivity index (χ1v) is 9.23. The Morgan fingerprint density at radius 3 is 1.89 bits per heavy atom. The standard InChI is InChI=1S/C21H26N4O3/c1-4-25(5-2)21(28)16-8-12-18(13-9-16)24-19(26)14-23-17-10-6-15(7-11-17)20(27)22-3/h6-13,23H,4-5,14H2,1-3H3,(H,22,27)(H,24,26). The van der Waals surface area contributed by atoms with Crippen LogP contribution in [0.1, 0.15) is 34.6 Å². The molecule has 0 spiro atoms. The van der Waals surface area contributed by atoms with Crippen LogP contribution in [0.5, 0.6) is 0 Å². The van der Waals surface area contributed by atoms with E-state index >= 15 is 0 Å². The zero-order chi connectivity index (χ0) is 20.5. The van der Waals surface area contributed by atoms with Crippen LogP contribution < -0.4 is 16.0 Å². The van der Waals surface area contributed by atoms with Crippen molar-refractivity contribution in [1.29, 1.82) is 0 Å². The van der Waals surface area contributed by atoms with E-state index in [4.69, 9.17) is 0 Å². The SMILES string of the molecule is CCN(CC)C(=O)c1ccc(NC(=O)CNc2ccc(C(=O)NC)cc2)cc1. The van der Waals surface area contributed by atoms with Gasteiger partial charge in [0.15, 0.2) is 0 Å². The van der Waals surface area contributed by atoms with Gasteiger partial charge in [-0.3, -0.25) is 14.4 Å². The van der Waals surface area contributed by atoms with Crippen molar-refractivity contribution < 1.29 is 14.4 Å². The summed E-state index contributed by atoms with van der Waals surface area (Å²) in [6.07, 6.45) is 0. The molecule has 0 unspecified atom stereocenters. The Hall–Kier alpha value is -3.35. The Bertz CT molecular complexity index is 813. The zero-order valence-corrected chi connectivity index (χ0v) is 16.4. The minimum absolute atomic E-state index is 0.0234. The van der Waals surface area contributed by atoms with E-state index in [1.165, 1.54) is 0 Å². The second-order valence-corrected chi connectivity index (χ2v) is 6.11. The summed E-state index contributed by atoms with van der Waals surface area (Å²) in [6, 6.07) is 13.7. The van der Waals surface area contributed by atoms with Crippen LogP contribution >= 0.6 is 0 Å². The van der Waals surface area contributed by atoms with Crippen LogP contribution in [0.15, 0.2) is 48.5 Å². The van der Waals surface area contributed by atoms with Crippen LogP contribution in [0.3, 0.4) is 0 Å². The van der Waals surface area contributed by atoms with Gasteiger partial charge in [0, 0.05) is 42.6 Å². The van der Waals surface area contributed by atoms with Gasteiger partial charge in [0.25, 0.3) is 11.8 Å². The van der Waals surface area contributed by atoms with Crippen LogP contribution in [0.25, 0.3) is 0 Å². The fourth-order valence-electron chi connectivity index (χ4n) is 2.66. The average molecular weight is 382 g/mol. The van der Waals surface area contributed by atoms with Crippen molar-refractivity contribution >= 4 is 29.1 Å². The minimum Gasteiger partial charge on any atom is -0.376 e. The highest BCUT2D eigenvalue weighted by molar-refractivity contribution is 5.97. The van der Waals surface area contributed by atoms with E-state index < -0.39 is 0 Å². The van der Waals surface area contributed by atoms with Crippen LogP contribution in [0, 0.1) is 0 Å². The number of hydrogen-bond donors (Lipinski definition) is 3. The maximum absolute atomic E-state index is 12.3. The van der Waals surface area contributed by atoms with Gasteiger partial charge in [0.05, 0.1) is 6.54 Å². The molecule has 0 saturated carbocycles. The Morgan fingerprint density at radius 1 is 0.821 bits per heavy atom. The normalized spacial score (nSPS) is 10.1. The van der Waals surface area contributed by atoms with E-state index in [1.54, 1.807) is 60.5 Å². The molecule has 3 amide bonds. The summed E-state index contributed by atoms with van der Waals surface area (Å²) < 4.78 is 0. The molecule has 28 heavy (non-hydrogen) atoms. The lowest BCUT2D eigenvalue weighted by molar-refractivity contribution is -0.114. The van der Waals surface area contributed by atoms with Crippen molar-refractivity contribution in [2.75, 3.05) is 37.3 Å². The molecular formula is C21H26N4O3. The number of nitrogens with zero attached hydrogens (tertiary/aromatic N) is 1. The monoisotopic (exact) mass is 382 g/mol.